The number of carbonyl (C=O) groups excluding carboxylic acids is 1. The third-order valence-electron chi connectivity index (χ3n) is 2.86. The molecule has 1 unspecified atom stereocenters. The van der Waals surface area contributed by atoms with Gasteiger partial charge in [0, 0.05) is 12.6 Å². The fourth-order valence-electron chi connectivity index (χ4n) is 1.74. The highest BCUT2D eigenvalue weighted by Crippen LogP contribution is 2.29. The van der Waals surface area contributed by atoms with Gasteiger partial charge in [0.2, 0.25) is 0 Å². The summed E-state index contributed by atoms with van der Waals surface area (Å²) in [6, 6.07) is 6.08. The van der Waals surface area contributed by atoms with Crippen LogP contribution in [0.25, 0.3) is 0 Å². The van der Waals surface area contributed by atoms with Crippen molar-refractivity contribution in [2.75, 3.05) is 13.7 Å². The third kappa shape index (κ3) is 5.63. The molecule has 1 aromatic carbocycles. The number of carbonyl (C=O) groups is 1. The lowest BCUT2D eigenvalue weighted by Gasteiger charge is -2.17. The van der Waals surface area contributed by atoms with Crippen molar-refractivity contribution in [1.29, 1.82) is 0 Å². The van der Waals surface area contributed by atoms with Gasteiger partial charge in [-0.15, -0.1) is 0 Å². The Morgan fingerprint density at radius 3 is 2.52 bits per heavy atom. The Hall–Kier alpha value is -1.75. The minimum atomic E-state index is -0.668. The second kappa shape index (κ2) is 8.52. The lowest BCUT2D eigenvalue weighted by molar-refractivity contribution is -0.150. The first-order valence-electron chi connectivity index (χ1n) is 7.21. The topological polar surface area (TPSA) is 56.8 Å². The van der Waals surface area contributed by atoms with E-state index in [1.807, 2.05) is 18.2 Å². The Labute approximate surface area is 126 Å². The van der Waals surface area contributed by atoms with E-state index in [2.05, 4.69) is 19.2 Å². The number of methoxy groups -OCH3 is 1. The van der Waals surface area contributed by atoms with E-state index in [9.17, 15) is 4.79 Å². The second-order valence-electron chi connectivity index (χ2n) is 5.03. The van der Waals surface area contributed by atoms with Crippen molar-refractivity contribution in [3.63, 3.8) is 0 Å². The summed E-state index contributed by atoms with van der Waals surface area (Å²) in [4.78, 5) is 11.6. The number of nitrogens with one attached hydrogen (secondary N) is 1. The summed E-state index contributed by atoms with van der Waals surface area (Å²) in [6.45, 7) is 8.70. The molecular weight excluding hydrogens is 270 g/mol. The first-order chi connectivity index (χ1) is 9.97. The van der Waals surface area contributed by atoms with Gasteiger partial charge >= 0.3 is 5.97 Å². The molecule has 1 N–H and O–H groups in total. The average molecular weight is 295 g/mol. The van der Waals surface area contributed by atoms with Crippen LogP contribution in [-0.4, -0.2) is 31.8 Å². The Morgan fingerprint density at radius 1 is 1.24 bits per heavy atom. The van der Waals surface area contributed by atoms with Gasteiger partial charge in [0.1, 0.15) is 0 Å². The summed E-state index contributed by atoms with van der Waals surface area (Å²) in [7, 11) is 1.58. The van der Waals surface area contributed by atoms with Crippen LogP contribution in [0, 0.1) is 0 Å². The van der Waals surface area contributed by atoms with Crippen LogP contribution in [-0.2, 0) is 16.1 Å². The van der Waals surface area contributed by atoms with Crippen LogP contribution in [0.15, 0.2) is 18.2 Å². The molecule has 0 aliphatic rings. The number of hydrogen-bond donors (Lipinski definition) is 1. The maximum atomic E-state index is 11.6. The molecule has 0 spiro atoms. The van der Waals surface area contributed by atoms with Crippen molar-refractivity contribution < 1.29 is 19.0 Å². The van der Waals surface area contributed by atoms with Gasteiger partial charge in [-0.3, -0.25) is 0 Å². The predicted octanol–water partition coefficient (Wildman–Crippen LogP) is 2.52. The van der Waals surface area contributed by atoms with E-state index in [0.717, 1.165) is 12.1 Å². The zero-order valence-electron chi connectivity index (χ0n) is 13.4. The fraction of sp³-hybridized carbons (Fsp3) is 0.562. The molecule has 0 aliphatic heterocycles. The highest BCUT2D eigenvalue weighted by molar-refractivity contribution is 5.74. The minimum absolute atomic E-state index is 0.337. The third-order valence-corrected chi connectivity index (χ3v) is 2.86. The van der Waals surface area contributed by atoms with Crippen molar-refractivity contribution in [3.8, 4) is 11.5 Å². The van der Waals surface area contributed by atoms with Crippen LogP contribution >= 0.6 is 0 Å². The summed E-state index contributed by atoms with van der Waals surface area (Å²) in [5.41, 5.74) is 1.09. The van der Waals surface area contributed by atoms with Gasteiger partial charge in [0.15, 0.2) is 17.6 Å². The molecule has 0 saturated carbocycles. The van der Waals surface area contributed by atoms with Crippen molar-refractivity contribution in [2.24, 2.45) is 0 Å². The molecule has 0 saturated heterocycles. The van der Waals surface area contributed by atoms with E-state index >= 15 is 0 Å². The van der Waals surface area contributed by atoms with E-state index in [1.165, 1.54) is 0 Å². The molecule has 1 rings (SSSR count). The van der Waals surface area contributed by atoms with Crippen LogP contribution in [0.5, 0.6) is 11.5 Å². The van der Waals surface area contributed by atoms with Crippen LogP contribution in [0.3, 0.4) is 0 Å². The largest absolute Gasteiger partial charge is 0.493 e. The van der Waals surface area contributed by atoms with Crippen LogP contribution in [0.4, 0.5) is 0 Å². The highest BCUT2D eigenvalue weighted by Gasteiger charge is 2.18. The smallest absolute Gasteiger partial charge is 0.347 e. The Morgan fingerprint density at radius 2 is 1.95 bits per heavy atom. The van der Waals surface area contributed by atoms with Gasteiger partial charge in [-0.05, 0) is 31.5 Å². The van der Waals surface area contributed by atoms with E-state index in [-0.39, 0.29) is 5.97 Å². The summed E-state index contributed by atoms with van der Waals surface area (Å²) in [5, 5.41) is 3.34. The molecule has 0 aromatic heterocycles. The number of hydrogen-bond acceptors (Lipinski definition) is 5. The first-order valence-corrected chi connectivity index (χ1v) is 7.21. The average Bonchev–Trinajstić information content (AvgIpc) is 2.46. The van der Waals surface area contributed by atoms with Gasteiger partial charge in [0.25, 0.3) is 0 Å². The van der Waals surface area contributed by atoms with Gasteiger partial charge in [-0.25, -0.2) is 4.79 Å². The van der Waals surface area contributed by atoms with E-state index in [4.69, 9.17) is 14.2 Å². The lowest BCUT2D eigenvalue weighted by Crippen LogP contribution is -2.26. The van der Waals surface area contributed by atoms with E-state index in [0.29, 0.717) is 24.1 Å². The van der Waals surface area contributed by atoms with Gasteiger partial charge in [-0.2, -0.15) is 0 Å². The summed E-state index contributed by atoms with van der Waals surface area (Å²) in [5.74, 6) is 0.755. The maximum Gasteiger partial charge on any atom is 0.347 e. The van der Waals surface area contributed by atoms with Crippen molar-refractivity contribution in [2.45, 2.75) is 46.4 Å². The molecule has 5 heteroatoms. The van der Waals surface area contributed by atoms with Crippen LogP contribution in [0.2, 0.25) is 0 Å². The quantitative estimate of drug-likeness (QED) is 0.747. The molecule has 0 heterocycles. The number of rotatable bonds is 8. The Kier molecular flexibility index (Phi) is 7.02. The number of benzene rings is 1. The molecule has 21 heavy (non-hydrogen) atoms. The maximum absolute atomic E-state index is 11.6. The van der Waals surface area contributed by atoms with Crippen molar-refractivity contribution >= 4 is 5.97 Å². The van der Waals surface area contributed by atoms with Gasteiger partial charge in [0.05, 0.1) is 13.7 Å². The molecular formula is C16H25NO4. The monoisotopic (exact) mass is 295 g/mol. The Bertz CT molecular complexity index is 460. The normalized spacial score (nSPS) is 12.1. The van der Waals surface area contributed by atoms with Gasteiger partial charge in [-0.1, -0.05) is 19.9 Å². The standard InChI is InChI=1S/C16H25NO4/c1-6-20-16(18)12(4)21-14-8-7-13(9-15(14)19-5)10-17-11(2)3/h7-9,11-12,17H,6,10H2,1-5H3. The second-order valence-corrected chi connectivity index (χ2v) is 5.03. The van der Waals surface area contributed by atoms with Gasteiger partial charge < -0.3 is 19.5 Å². The van der Waals surface area contributed by atoms with Crippen LogP contribution in [0.1, 0.15) is 33.3 Å². The highest BCUT2D eigenvalue weighted by atomic mass is 16.6. The molecule has 118 valence electrons. The lowest BCUT2D eigenvalue weighted by atomic mass is 10.2. The molecule has 0 radical (unpaired) electrons. The fourth-order valence-corrected chi connectivity index (χ4v) is 1.74. The molecule has 5 nitrogen and oxygen atoms in total. The SMILES string of the molecule is CCOC(=O)C(C)Oc1ccc(CNC(C)C)cc1OC. The number of esters is 1. The molecule has 1 atom stereocenters. The van der Waals surface area contributed by atoms with Crippen molar-refractivity contribution in [1.82, 2.24) is 5.32 Å². The van der Waals surface area contributed by atoms with E-state index < -0.39 is 6.10 Å². The molecule has 1 aromatic rings. The Balaban J connectivity index is 2.76. The summed E-state index contributed by atoms with van der Waals surface area (Å²) in [6.07, 6.45) is -0.668. The molecule has 0 bridgehead atoms. The van der Waals surface area contributed by atoms with Crippen LogP contribution < -0.4 is 14.8 Å². The molecule has 0 fully saturated rings. The van der Waals surface area contributed by atoms with E-state index in [1.54, 1.807) is 21.0 Å². The molecule has 0 amide bonds. The summed E-state index contributed by atoms with van der Waals surface area (Å²) >= 11 is 0. The zero-order chi connectivity index (χ0) is 15.8. The first kappa shape index (κ1) is 17.3. The van der Waals surface area contributed by atoms with Crippen molar-refractivity contribution in [3.05, 3.63) is 23.8 Å². The zero-order valence-corrected chi connectivity index (χ0v) is 13.4. The molecule has 0 aliphatic carbocycles. The summed E-state index contributed by atoms with van der Waals surface area (Å²) < 4.78 is 15.9. The number of ether oxygens (including phenoxy) is 3. The minimum Gasteiger partial charge on any atom is -0.493 e. The predicted molar refractivity (Wildman–Crippen MR) is 81.7 cm³/mol.